The number of fused-ring (bicyclic) bond motifs is 1. The number of rotatable bonds is 8. The SMILES string of the molecule is CCN1CCCN(CC2=CC=CCC=C2)CC1.CCc1cccc2c(C(=O)Cc3ccccc3)cn(CC)c12.CCl. The van der Waals surface area contributed by atoms with E-state index in [2.05, 4.69) is 95.3 Å². The van der Waals surface area contributed by atoms with Gasteiger partial charge in [0.05, 0.1) is 5.52 Å². The lowest BCUT2D eigenvalue weighted by Gasteiger charge is -2.21. The third-order valence-corrected chi connectivity index (χ3v) is 7.80. The quantitative estimate of drug-likeness (QED) is 0.202. The molecule has 4 nitrogen and oxygen atoms in total. The summed E-state index contributed by atoms with van der Waals surface area (Å²) in [5.74, 6) is 0.191. The molecule has 0 atom stereocenters. The summed E-state index contributed by atoms with van der Waals surface area (Å²) < 4.78 is 2.20. The monoisotopic (exact) mass is 573 g/mol. The number of carbonyl (C=O) groups excluding carboxylic acids is 1. The van der Waals surface area contributed by atoms with Crippen molar-refractivity contribution in [3.63, 3.8) is 0 Å². The Bertz CT molecular complexity index is 1310. The van der Waals surface area contributed by atoms with Gasteiger partial charge in [-0.3, -0.25) is 9.69 Å². The Morgan fingerprint density at radius 3 is 2.34 bits per heavy atom. The van der Waals surface area contributed by atoms with Crippen molar-refractivity contribution in [3.8, 4) is 0 Å². The number of hydrogen-bond acceptors (Lipinski definition) is 3. The van der Waals surface area contributed by atoms with E-state index in [0.717, 1.165) is 42.4 Å². The van der Waals surface area contributed by atoms with Crippen LogP contribution in [0.25, 0.3) is 10.9 Å². The molecule has 1 aliphatic carbocycles. The molecule has 0 bridgehead atoms. The predicted octanol–water partition coefficient (Wildman–Crippen LogP) is 7.96. The molecule has 1 aliphatic heterocycles. The van der Waals surface area contributed by atoms with Crippen molar-refractivity contribution in [2.45, 2.75) is 53.0 Å². The topological polar surface area (TPSA) is 28.5 Å². The summed E-state index contributed by atoms with van der Waals surface area (Å²) in [6.07, 6.45) is 18.5. The fourth-order valence-electron chi connectivity index (χ4n) is 5.56. The molecule has 0 saturated carbocycles. The van der Waals surface area contributed by atoms with E-state index in [1.165, 1.54) is 62.2 Å². The van der Waals surface area contributed by atoms with Crippen molar-refractivity contribution in [1.29, 1.82) is 0 Å². The van der Waals surface area contributed by atoms with Crippen LogP contribution in [0.2, 0.25) is 0 Å². The Morgan fingerprint density at radius 1 is 0.854 bits per heavy atom. The highest BCUT2D eigenvalue weighted by atomic mass is 35.5. The van der Waals surface area contributed by atoms with Crippen LogP contribution in [0.5, 0.6) is 0 Å². The second-order valence-electron chi connectivity index (χ2n) is 10.5. The lowest BCUT2D eigenvalue weighted by atomic mass is 10.0. The van der Waals surface area contributed by atoms with Gasteiger partial charge in [-0.25, -0.2) is 0 Å². The zero-order valence-electron chi connectivity index (χ0n) is 25.5. The van der Waals surface area contributed by atoms with E-state index in [1.807, 2.05) is 36.5 Å². The Morgan fingerprint density at radius 2 is 1.61 bits per heavy atom. The number of nitrogens with zero attached hydrogens (tertiary/aromatic N) is 3. The number of halogens is 1. The van der Waals surface area contributed by atoms with Gasteiger partial charge >= 0.3 is 0 Å². The van der Waals surface area contributed by atoms with Crippen molar-refractivity contribution in [3.05, 3.63) is 107 Å². The zero-order valence-corrected chi connectivity index (χ0v) is 26.2. The summed E-state index contributed by atoms with van der Waals surface area (Å²) in [6.45, 7) is 14.7. The van der Waals surface area contributed by atoms with Gasteiger partial charge in [-0.2, -0.15) is 0 Å². The minimum Gasteiger partial charge on any atom is -0.347 e. The Hall–Kier alpha value is -2.92. The summed E-state index contributed by atoms with van der Waals surface area (Å²) in [6, 6.07) is 16.2. The van der Waals surface area contributed by atoms with Crippen LogP contribution in [0.4, 0.5) is 0 Å². The van der Waals surface area contributed by atoms with E-state index in [4.69, 9.17) is 0 Å². The summed E-state index contributed by atoms with van der Waals surface area (Å²) in [7, 11) is 0. The van der Waals surface area contributed by atoms with Crippen molar-refractivity contribution >= 4 is 28.3 Å². The Kier molecular flexibility index (Phi) is 14.1. The second-order valence-corrected chi connectivity index (χ2v) is 10.5. The van der Waals surface area contributed by atoms with Crippen molar-refractivity contribution in [2.24, 2.45) is 0 Å². The highest BCUT2D eigenvalue weighted by Gasteiger charge is 2.17. The van der Waals surface area contributed by atoms with Gasteiger partial charge in [0, 0.05) is 56.1 Å². The number of aromatic nitrogens is 1. The highest BCUT2D eigenvalue weighted by Crippen LogP contribution is 2.26. The molecule has 5 rings (SSSR count). The van der Waals surface area contributed by atoms with E-state index >= 15 is 0 Å². The van der Waals surface area contributed by atoms with Crippen LogP contribution in [-0.2, 0) is 19.4 Å². The van der Waals surface area contributed by atoms with Crippen LogP contribution < -0.4 is 0 Å². The molecule has 0 amide bonds. The predicted molar refractivity (Wildman–Crippen MR) is 177 cm³/mol. The molecule has 2 aromatic carbocycles. The molecule has 0 unspecified atom stereocenters. The van der Waals surface area contributed by atoms with E-state index < -0.39 is 0 Å². The van der Waals surface area contributed by atoms with Crippen LogP contribution in [-0.4, -0.2) is 65.8 Å². The van der Waals surface area contributed by atoms with E-state index in [0.29, 0.717) is 6.42 Å². The molecule has 0 radical (unpaired) electrons. The minimum atomic E-state index is 0.191. The maximum absolute atomic E-state index is 12.7. The first-order chi connectivity index (χ1) is 20.1. The molecular formula is C36H48ClN3O. The average molecular weight is 574 g/mol. The lowest BCUT2D eigenvalue weighted by molar-refractivity contribution is 0.0994. The molecule has 220 valence electrons. The second kappa shape index (κ2) is 17.8. The van der Waals surface area contributed by atoms with E-state index in [1.54, 1.807) is 0 Å². The maximum Gasteiger partial charge on any atom is 0.169 e. The molecule has 0 N–H and O–H groups in total. The Labute approximate surface area is 253 Å². The third-order valence-electron chi connectivity index (χ3n) is 7.80. The zero-order chi connectivity index (χ0) is 29.5. The summed E-state index contributed by atoms with van der Waals surface area (Å²) in [5, 5.41) is 1.09. The van der Waals surface area contributed by atoms with Crippen molar-refractivity contribution < 1.29 is 4.79 Å². The maximum atomic E-state index is 12.7. The number of hydrogen-bond donors (Lipinski definition) is 0. The third kappa shape index (κ3) is 9.56. The molecule has 3 aromatic rings. The number of Topliss-reactive ketones (excluding diaryl/α,β-unsaturated/α-hetero) is 1. The summed E-state index contributed by atoms with van der Waals surface area (Å²) in [5.41, 5.74) is 5.87. The number of likely N-dealkylation sites (N-methyl/N-ethyl adjacent to an activating group) is 1. The minimum absolute atomic E-state index is 0.191. The average Bonchev–Trinajstić information content (AvgIpc) is 3.15. The van der Waals surface area contributed by atoms with Gasteiger partial charge in [0.25, 0.3) is 0 Å². The van der Waals surface area contributed by atoms with Gasteiger partial charge in [0.2, 0.25) is 0 Å². The summed E-state index contributed by atoms with van der Waals surface area (Å²) >= 11 is 4.64. The fourth-order valence-corrected chi connectivity index (χ4v) is 5.56. The van der Waals surface area contributed by atoms with Crippen LogP contribution in [0, 0.1) is 0 Å². The van der Waals surface area contributed by atoms with Crippen LogP contribution in [0.15, 0.2) is 90.7 Å². The normalized spacial score (nSPS) is 15.7. The number of allylic oxidation sites excluding steroid dienone is 4. The molecule has 1 fully saturated rings. The molecular weight excluding hydrogens is 526 g/mol. The first kappa shape index (κ1) is 32.6. The van der Waals surface area contributed by atoms with Crippen molar-refractivity contribution in [1.82, 2.24) is 14.4 Å². The first-order valence-corrected chi connectivity index (χ1v) is 15.9. The smallest absolute Gasteiger partial charge is 0.169 e. The molecule has 41 heavy (non-hydrogen) atoms. The van der Waals surface area contributed by atoms with E-state index in [9.17, 15) is 4.79 Å². The number of aryl methyl sites for hydroxylation is 2. The molecule has 2 aliphatic rings. The summed E-state index contributed by atoms with van der Waals surface area (Å²) in [4.78, 5) is 17.9. The standard InChI is InChI=1S/C20H21NO.C15H24N2.CH3Cl/c1-3-16-11-8-12-17-18(14-21(4-2)20(16)17)19(22)13-15-9-6-5-7-10-15;1-2-16-10-7-11-17(13-12-16)14-15-8-5-3-4-6-9-15;1-2/h5-12,14H,3-4,13H2,1-2H3;3,5-6,8-9H,2,4,7,10-14H2,1H3;1H3. The molecule has 1 saturated heterocycles. The number of benzene rings is 2. The van der Waals surface area contributed by atoms with E-state index in [-0.39, 0.29) is 5.78 Å². The van der Waals surface area contributed by atoms with Gasteiger partial charge in [0.1, 0.15) is 0 Å². The molecule has 1 aromatic heterocycles. The Balaban J connectivity index is 0.000000219. The van der Waals surface area contributed by atoms with Gasteiger partial charge in [-0.15, -0.1) is 11.6 Å². The van der Waals surface area contributed by atoms with Crippen molar-refractivity contribution in [2.75, 3.05) is 45.7 Å². The first-order valence-electron chi connectivity index (χ1n) is 15.2. The number of carbonyl (C=O) groups is 1. The molecule has 2 heterocycles. The van der Waals surface area contributed by atoms with Gasteiger partial charge in [0.15, 0.2) is 5.78 Å². The fraction of sp³-hybridized carbons (Fsp3) is 0.417. The number of ketones is 1. The lowest BCUT2D eigenvalue weighted by Crippen LogP contribution is -2.31. The van der Waals surface area contributed by atoms with Crippen LogP contribution in [0.1, 0.15) is 55.1 Å². The van der Waals surface area contributed by atoms with Crippen LogP contribution >= 0.6 is 11.6 Å². The van der Waals surface area contributed by atoms with Gasteiger partial charge < -0.3 is 9.47 Å². The van der Waals surface area contributed by atoms with Gasteiger partial charge in [-0.1, -0.05) is 92.8 Å². The van der Waals surface area contributed by atoms with Crippen LogP contribution in [0.3, 0.4) is 0 Å². The highest BCUT2D eigenvalue weighted by molar-refractivity contribution is 6.15. The molecule has 0 spiro atoms. The molecule has 5 heteroatoms. The van der Waals surface area contributed by atoms with Gasteiger partial charge in [-0.05, 0) is 62.5 Å². The number of alkyl halides is 1. The number of para-hydroxylation sites is 1. The largest absolute Gasteiger partial charge is 0.347 e.